The van der Waals surface area contributed by atoms with Crippen molar-refractivity contribution >= 4 is 5.97 Å². The Bertz CT molecular complexity index is 363. The molecule has 0 atom stereocenters. The Morgan fingerprint density at radius 2 is 0.969 bits per heavy atom. The second-order valence-electron chi connectivity index (χ2n) is 10.3. The molecule has 3 nitrogen and oxygen atoms in total. The molecule has 0 saturated heterocycles. The van der Waals surface area contributed by atoms with E-state index in [1.165, 1.54) is 116 Å². The van der Waals surface area contributed by atoms with Gasteiger partial charge in [0.1, 0.15) is 0 Å². The molecule has 0 spiro atoms. The number of rotatable bonds is 25. The number of carbonyl (C=O) groups excluding carboxylic acids is 1. The van der Waals surface area contributed by atoms with Crippen LogP contribution in [-0.4, -0.2) is 37.1 Å². The fourth-order valence-electron chi connectivity index (χ4n) is 4.21. The maximum atomic E-state index is 11.8. The number of esters is 1. The summed E-state index contributed by atoms with van der Waals surface area (Å²) in [5.74, 6) is 0.407. The summed E-state index contributed by atoms with van der Waals surface area (Å²) in [4.78, 5) is 14.5. The number of nitrogens with zero attached hydrogens (tertiary/aromatic N) is 1. The van der Waals surface area contributed by atoms with Gasteiger partial charge in [-0.1, -0.05) is 118 Å². The van der Waals surface area contributed by atoms with Crippen molar-refractivity contribution in [2.75, 3.05) is 26.2 Å². The van der Waals surface area contributed by atoms with Crippen molar-refractivity contribution in [3.63, 3.8) is 0 Å². The Hall–Kier alpha value is -0.570. The summed E-state index contributed by atoms with van der Waals surface area (Å²) in [6, 6.07) is 0. The fourth-order valence-corrected chi connectivity index (χ4v) is 4.21. The Kier molecular flexibility index (Phi) is 24.6. The molecule has 0 aliphatic rings. The van der Waals surface area contributed by atoms with E-state index in [-0.39, 0.29) is 5.97 Å². The van der Waals surface area contributed by atoms with E-state index in [9.17, 15) is 4.79 Å². The molecule has 0 rings (SSSR count). The second kappa shape index (κ2) is 25.1. The Morgan fingerprint density at radius 1 is 0.594 bits per heavy atom. The summed E-state index contributed by atoms with van der Waals surface area (Å²) in [5.41, 5.74) is 0. The van der Waals surface area contributed by atoms with Crippen LogP contribution in [-0.2, 0) is 9.53 Å². The van der Waals surface area contributed by atoms with Gasteiger partial charge in [0.15, 0.2) is 0 Å². The van der Waals surface area contributed by atoms with Crippen LogP contribution in [0.1, 0.15) is 150 Å². The highest BCUT2D eigenvalue weighted by molar-refractivity contribution is 5.69. The molecule has 0 fully saturated rings. The molecule has 0 aromatic heterocycles. The number of ether oxygens (including phenoxy) is 1. The highest BCUT2D eigenvalue weighted by Gasteiger charge is 2.08. The summed E-state index contributed by atoms with van der Waals surface area (Å²) in [6.45, 7) is 12.9. The van der Waals surface area contributed by atoms with Crippen LogP contribution < -0.4 is 0 Å². The van der Waals surface area contributed by atoms with Gasteiger partial charge in [-0.2, -0.15) is 0 Å². The van der Waals surface area contributed by atoms with Crippen LogP contribution in [0.3, 0.4) is 0 Å². The second-order valence-corrected chi connectivity index (χ2v) is 10.3. The highest BCUT2D eigenvalue weighted by atomic mass is 16.5. The lowest BCUT2D eigenvalue weighted by atomic mass is 10.1. The van der Waals surface area contributed by atoms with Crippen molar-refractivity contribution in [1.29, 1.82) is 0 Å². The van der Waals surface area contributed by atoms with Gasteiger partial charge in [-0.05, 0) is 51.2 Å². The average molecular weight is 454 g/mol. The standard InChI is InChI=1S/C29H59NO2/c1-5-7-9-11-13-15-17-20-24-30(25-21-18-16-14-12-10-8-6-2)26-22-19-23-29(31)32-27-28(3)4/h28H,5-27H2,1-4H3. The van der Waals surface area contributed by atoms with Crippen LogP contribution in [0.15, 0.2) is 0 Å². The lowest BCUT2D eigenvalue weighted by molar-refractivity contribution is -0.144. The molecule has 0 aromatic rings. The molecule has 0 radical (unpaired) electrons. The minimum atomic E-state index is -0.0172. The summed E-state index contributed by atoms with van der Waals surface area (Å²) in [6.07, 6.45) is 24.9. The van der Waals surface area contributed by atoms with Crippen LogP contribution in [0.4, 0.5) is 0 Å². The van der Waals surface area contributed by atoms with Gasteiger partial charge in [0.25, 0.3) is 0 Å². The monoisotopic (exact) mass is 453 g/mol. The van der Waals surface area contributed by atoms with Gasteiger partial charge in [0.2, 0.25) is 0 Å². The minimum Gasteiger partial charge on any atom is -0.465 e. The van der Waals surface area contributed by atoms with E-state index in [0.29, 0.717) is 18.9 Å². The van der Waals surface area contributed by atoms with Crippen LogP contribution in [0.2, 0.25) is 0 Å². The van der Waals surface area contributed by atoms with E-state index in [0.717, 1.165) is 19.4 Å². The zero-order valence-corrected chi connectivity index (χ0v) is 22.6. The average Bonchev–Trinajstić information content (AvgIpc) is 2.78. The van der Waals surface area contributed by atoms with Crippen molar-refractivity contribution in [3.8, 4) is 0 Å². The minimum absolute atomic E-state index is 0.0172. The third-order valence-corrected chi connectivity index (χ3v) is 6.34. The Morgan fingerprint density at radius 3 is 1.38 bits per heavy atom. The summed E-state index contributed by atoms with van der Waals surface area (Å²) >= 11 is 0. The zero-order valence-electron chi connectivity index (χ0n) is 22.6. The van der Waals surface area contributed by atoms with Gasteiger partial charge in [-0.15, -0.1) is 0 Å². The Balaban J connectivity index is 3.98. The normalized spacial score (nSPS) is 11.6. The first-order chi connectivity index (χ1) is 15.6. The van der Waals surface area contributed by atoms with Gasteiger partial charge in [-0.3, -0.25) is 4.79 Å². The van der Waals surface area contributed by atoms with Gasteiger partial charge < -0.3 is 9.64 Å². The number of hydrogen-bond donors (Lipinski definition) is 0. The maximum Gasteiger partial charge on any atom is 0.305 e. The summed E-state index contributed by atoms with van der Waals surface area (Å²) < 4.78 is 5.31. The molecule has 0 unspecified atom stereocenters. The SMILES string of the molecule is CCCCCCCCCCN(CCCCCCCCCC)CCCCC(=O)OCC(C)C. The van der Waals surface area contributed by atoms with Gasteiger partial charge in [0, 0.05) is 6.42 Å². The number of unbranched alkanes of at least 4 members (excludes halogenated alkanes) is 15. The molecule has 192 valence electrons. The summed E-state index contributed by atoms with van der Waals surface area (Å²) in [7, 11) is 0. The first-order valence-electron chi connectivity index (χ1n) is 14.5. The molecule has 0 aliphatic carbocycles. The quantitative estimate of drug-likeness (QED) is 0.102. The molecule has 0 aliphatic heterocycles. The van der Waals surface area contributed by atoms with Crippen LogP contribution >= 0.6 is 0 Å². The molecule has 0 aromatic carbocycles. The molecular formula is C29H59NO2. The van der Waals surface area contributed by atoms with Crippen molar-refractivity contribution in [3.05, 3.63) is 0 Å². The molecule has 3 heteroatoms. The maximum absolute atomic E-state index is 11.8. The van der Waals surface area contributed by atoms with E-state index in [4.69, 9.17) is 4.74 Å². The molecule has 0 heterocycles. The number of carbonyl (C=O) groups is 1. The lowest BCUT2D eigenvalue weighted by Crippen LogP contribution is -2.27. The van der Waals surface area contributed by atoms with E-state index in [1.54, 1.807) is 0 Å². The fraction of sp³-hybridized carbons (Fsp3) is 0.966. The predicted octanol–water partition coefficient (Wildman–Crippen LogP) is 8.94. The molecule has 32 heavy (non-hydrogen) atoms. The molecule has 0 N–H and O–H groups in total. The van der Waals surface area contributed by atoms with Crippen LogP contribution in [0.5, 0.6) is 0 Å². The van der Waals surface area contributed by atoms with E-state index < -0.39 is 0 Å². The van der Waals surface area contributed by atoms with E-state index in [1.807, 2.05) is 0 Å². The third kappa shape index (κ3) is 24.1. The summed E-state index contributed by atoms with van der Waals surface area (Å²) in [5, 5.41) is 0. The van der Waals surface area contributed by atoms with Crippen molar-refractivity contribution in [2.45, 2.75) is 150 Å². The van der Waals surface area contributed by atoms with E-state index >= 15 is 0 Å². The van der Waals surface area contributed by atoms with Gasteiger partial charge in [-0.25, -0.2) is 0 Å². The number of hydrogen-bond acceptors (Lipinski definition) is 3. The van der Waals surface area contributed by atoms with Crippen molar-refractivity contribution in [1.82, 2.24) is 4.90 Å². The van der Waals surface area contributed by atoms with Gasteiger partial charge in [0.05, 0.1) is 6.61 Å². The Labute approximate surface area is 202 Å². The van der Waals surface area contributed by atoms with Crippen LogP contribution in [0, 0.1) is 5.92 Å². The smallest absolute Gasteiger partial charge is 0.305 e. The van der Waals surface area contributed by atoms with Crippen molar-refractivity contribution < 1.29 is 9.53 Å². The highest BCUT2D eigenvalue weighted by Crippen LogP contribution is 2.12. The predicted molar refractivity (Wildman–Crippen MR) is 141 cm³/mol. The molecule has 0 amide bonds. The van der Waals surface area contributed by atoms with Crippen molar-refractivity contribution in [2.24, 2.45) is 5.92 Å². The topological polar surface area (TPSA) is 29.5 Å². The first-order valence-corrected chi connectivity index (χ1v) is 14.5. The first kappa shape index (κ1) is 31.4. The van der Waals surface area contributed by atoms with Crippen LogP contribution in [0.25, 0.3) is 0 Å². The molecule has 0 bridgehead atoms. The lowest BCUT2D eigenvalue weighted by Gasteiger charge is -2.22. The van der Waals surface area contributed by atoms with E-state index in [2.05, 4.69) is 32.6 Å². The van der Waals surface area contributed by atoms with Gasteiger partial charge >= 0.3 is 5.97 Å². The third-order valence-electron chi connectivity index (χ3n) is 6.34. The molecule has 0 saturated carbocycles. The molecular weight excluding hydrogens is 394 g/mol. The zero-order chi connectivity index (χ0) is 23.7. The largest absolute Gasteiger partial charge is 0.465 e.